The van der Waals surface area contributed by atoms with Crippen molar-refractivity contribution in [3.05, 3.63) is 41.9 Å². The van der Waals surface area contributed by atoms with Gasteiger partial charge < -0.3 is 14.6 Å². The second kappa shape index (κ2) is 9.58. The molecule has 4 rings (SSSR count). The minimum absolute atomic E-state index is 0.345. The van der Waals surface area contributed by atoms with Crippen LogP contribution in [0.15, 0.2) is 30.6 Å². The van der Waals surface area contributed by atoms with E-state index in [2.05, 4.69) is 71.6 Å². The lowest BCUT2D eigenvalue weighted by molar-refractivity contribution is 0.159. The van der Waals surface area contributed by atoms with Crippen LogP contribution in [0.1, 0.15) is 43.4 Å². The van der Waals surface area contributed by atoms with Crippen LogP contribution in [-0.4, -0.2) is 51.6 Å². The van der Waals surface area contributed by atoms with Crippen molar-refractivity contribution >= 4 is 10.9 Å². The van der Waals surface area contributed by atoms with E-state index in [4.69, 9.17) is 0 Å². The number of aryl methyl sites for hydroxylation is 2. The van der Waals surface area contributed by atoms with Crippen LogP contribution < -0.4 is 0 Å². The maximum Gasteiger partial charge on any atom is 0.0568 e. The highest BCUT2D eigenvalue weighted by molar-refractivity contribution is 5.89. The molecule has 0 spiro atoms. The molecule has 0 saturated heterocycles. The van der Waals surface area contributed by atoms with E-state index in [9.17, 15) is 5.11 Å². The SMILES string of the molecule is Cc1c(C)n(CCCN(C)C)c2ccc(-c3cnn(CC4CCC(CO)CC4)c3)cc12. The summed E-state index contributed by atoms with van der Waals surface area (Å²) in [6.45, 7) is 7.99. The Morgan fingerprint density at radius 3 is 2.52 bits per heavy atom. The molecule has 0 radical (unpaired) electrons. The second-order valence-corrected chi connectivity index (χ2v) is 9.77. The van der Waals surface area contributed by atoms with Crippen LogP contribution in [-0.2, 0) is 13.1 Å². The van der Waals surface area contributed by atoms with E-state index < -0.39 is 0 Å². The summed E-state index contributed by atoms with van der Waals surface area (Å²) in [5.41, 5.74) is 6.54. The maximum absolute atomic E-state index is 9.35. The number of aliphatic hydroxyl groups excluding tert-OH is 1. The summed E-state index contributed by atoms with van der Waals surface area (Å²) in [7, 11) is 4.27. The molecule has 0 atom stereocenters. The Labute approximate surface area is 186 Å². The summed E-state index contributed by atoms with van der Waals surface area (Å²) >= 11 is 0. The smallest absolute Gasteiger partial charge is 0.0568 e. The fraction of sp³-hybridized carbons (Fsp3) is 0.577. The van der Waals surface area contributed by atoms with Gasteiger partial charge in [0.25, 0.3) is 0 Å². The molecular formula is C26H38N4O. The minimum atomic E-state index is 0.345. The Morgan fingerprint density at radius 1 is 1.06 bits per heavy atom. The number of benzene rings is 1. The highest BCUT2D eigenvalue weighted by Gasteiger charge is 2.21. The number of hydrogen-bond acceptors (Lipinski definition) is 3. The molecule has 1 saturated carbocycles. The number of nitrogens with zero attached hydrogens (tertiary/aromatic N) is 4. The highest BCUT2D eigenvalue weighted by atomic mass is 16.3. The third kappa shape index (κ3) is 4.88. The fourth-order valence-corrected chi connectivity index (χ4v) is 5.14. The molecule has 1 aromatic carbocycles. The monoisotopic (exact) mass is 422 g/mol. The summed E-state index contributed by atoms with van der Waals surface area (Å²) in [4.78, 5) is 2.25. The van der Waals surface area contributed by atoms with Crippen LogP contribution in [0.25, 0.3) is 22.0 Å². The molecule has 31 heavy (non-hydrogen) atoms. The van der Waals surface area contributed by atoms with Gasteiger partial charge in [-0.3, -0.25) is 4.68 Å². The summed E-state index contributed by atoms with van der Waals surface area (Å²) in [6.07, 6.45) is 10.1. The van der Waals surface area contributed by atoms with Gasteiger partial charge in [-0.2, -0.15) is 5.10 Å². The maximum atomic E-state index is 9.35. The average Bonchev–Trinajstić information content (AvgIpc) is 3.32. The molecule has 5 heteroatoms. The van der Waals surface area contributed by atoms with E-state index in [1.807, 2.05) is 6.20 Å². The Kier molecular flexibility index (Phi) is 6.83. The quantitative estimate of drug-likeness (QED) is 0.563. The van der Waals surface area contributed by atoms with Crippen LogP contribution >= 0.6 is 0 Å². The fourth-order valence-electron chi connectivity index (χ4n) is 5.14. The number of aliphatic hydroxyl groups is 1. The minimum Gasteiger partial charge on any atom is -0.396 e. The molecule has 1 N–H and O–H groups in total. The topological polar surface area (TPSA) is 46.2 Å². The molecule has 1 fully saturated rings. The molecule has 0 aliphatic heterocycles. The molecule has 2 aromatic heterocycles. The van der Waals surface area contributed by atoms with Gasteiger partial charge in [0.15, 0.2) is 0 Å². The highest BCUT2D eigenvalue weighted by Crippen LogP contribution is 2.32. The normalized spacial score (nSPS) is 19.5. The van der Waals surface area contributed by atoms with Crippen molar-refractivity contribution < 1.29 is 5.11 Å². The Bertz CT molecular complexity index is 1010. The van der Waals surface area contributed by atoms with Crippen LogP contribution in [0.5, 0.6) is 0 Å². The first kappa shape index (κ1) is 22.1. The second-order valence-electron chi connectivity index (χ2n) is 9.77. The summed E-state index contributed by atoms with van der Waals surface area (Å²) in [6, 6.07) is 6.87. The van der Waals surface area contributed by atoms with Crippen molar-refractivity contribution in [2.45, 2.75) is 59.0 Å². The standard InChI is InChI=1S/C26H38N4O/c1-19-20(2)30(13-5-12-28(3)4)26-11-10-23(14-25(19)26)24-15-27-29(17-24)16-21-6-8-22(18-31)9-7-21/h10-11,14-15,17,21-22,31H,5-9,12-13,16,18H2,1-4H3. The number of aromatic nitrogens is 3. The molecular weight excluding hydrogens is 384 g/mol. The van der Waals surface area contributed by atoms with Crippen molar-refractivity contribution in [3.8, 4) is 11.1 Å². The van der Waals surface area contributed by atoms with Crippen molar-refractivity contribution in [1.29, 1.82) is 0 Å². The number of hydrogen-bond donors (Lipinski definition) is 1. The Morgan fingerprint density at radius 2 is 1.81 bits per heavy atom. The molecule has 168 valence electrons. The first-order chi connectivity index (χ1) is 15.0. The molecule has 0 bridgehead atoms. The molecule has 0 amide bonds. The molecule has 1 aliphatic carbocycles. The zero-order chi connectivity index (χ0) is 22.0. The summed E-state index contributed by atoms with van der Waals surface area (Å²) in [5, 5.41) is 15.4. The van der Waals surface area contributed by atoms with Gasteiger partial charge >= 0.3 is 0 Å². The van der Waals surface area contributed by atoms with Crippen molar-refractivity contribution in [2.24, 2.45) is 11.8 Å². The van der Waals surface area contributed by atoms with Crippen LogP contribution in [0.3, 0.4) is 0 Å². The van der Waals surface area contributed by atoms with Crippen LogP contribution in [0.4, 0.5) is 0 Å². The lowest BCUT2D eigenvalue weighted by Gasteiger charge is -2.27. The van der Waals surface area contributed by atoms with E-state index in [-0.39, 0.29) is 0 Å². The van der Waals surface area contributed by atoms with Gasteiger partial charge in [0, 0.05) is 48.1 Å². The molecule has 2 heterocycles. The van der Waals surface area contributed by atoms with Crippen molar-refractivity contribution in [3.63, 3.8) is 0 Å². The van der Waals surface area contributed by atoms with Crippen molar-refractivity contribution in [2.75, 3.05) is 27.2 Å². The molecule has 0 unspecified atom stereocenters. The van der Waals surface area contributed by atoms with Gasteiger partial charge in [0.05, 0.1) is 6.20 Å². The first-order valence-corrected chi connectivity index (χ1v) is 11.8. The van der Waals surface area contributed by atoms with Crippen LogP contribution in [0.2, 0.25) is 0 Å². The van der Waals surface area contributed by atoms with Crippen molar-refractivity contribution in [1.82, 2.24) is 19.2 Å². The van der Waals surface area contributed by atoms with Gasteiger partial charge in [-0.05, 0) is 102 Å². The third-order valence-corrected chi connectivity index (χ3v) is 7.26. The first-order valence-electron chi connectivity index (χ1n) is 11.8. The van der Waals surface area contributed by atoms with Gasteiger partial charge in [-0.15, -0.1) is 0 Å². The summed E-state index contributed by atoms with van der Waals surface area (Å²) < 4.78 is 4.60. The molecule has 5 nitrogen and oxygen atoms in total. The third-order valence-electron chi connectivity index (χ3n) is 7.26. The average molecular weight is 423 g/mol. The van der Waals surface area contributed by atoms with E-state index in [1.165, 1.54) is 46.1 Å². The van der Waals surface area contributed by atoms with E-state index >= 15 is 0 Å². The van der Waals surface area contributed by atoms with E-state index in [1.54, 1.807) is 0 Å². The van der Waals surface area contributed by atoms with Gasteiger partial charge in [-0.1, -0.05) is 6.07 Å². The van der Waals surface area contributed by atoms with Gasteiger partial charge in [0.2, 0.25) is 0 Å². The van der Waals surface area contributed by atoms with Gasteiger partial charge in [-0.25, -0.2) is 0 Å². The Hall–Kier alpha value is -2.11. The predicted molar refractivity (Wildman–Crippen MR) is 128 cm³/mol. The Balaban J connectivity index is 1.49. The lowest BCUT2D eigenvalue weighted by atomic mass is 9.82. The van der Waals surface area contributed by atoms with E-state index in [0.29, 0.717) is 18.4 Å². The predicted octanol–water partition coefficient (Wildman–Crippen LogP) is 4.87. The van der Waals surface area contributed by atoms with Crippen LogP contribution in [0, 0.1) is 25.7 Å². The lowest BCUT2D eigenvalue weighted by Crippen LogP contribution is -2.20. The van der Waals surface area contributed by atoms with E-state index in [0.717, 1.165) is 38.9 Å². The molecule has 3 aromatic rings. The zero-order valence-corrected chi connectivity index (χ0v) is 19.6. The molecule has 1 aliphatic rings. The summed E-state index contributed by atoms with van der Waals surface area (Å²) in [5.74, 6) is 1.19. The zero-order valence-electron chi connectivity index (χ0n) is 19.6. The number of rotatable bonds is 8. The number of fused-ring (bicyclic) bond motifs is 1. The largest absolute Gasteiger partial charge is 0.396 e. The van der Waals surface area contributed by atoms with Gasteiger partial charge in [0.1, 0.15) is 0 Å².